The molecule has 0 bridgehead atoms. The van der Waals surface area contributed by atoms with Crippen LogP contribution in [0.25, 0.3) is 16.3 Å². The number of carbonyl (C=O) groups is 1. The highest BCUT2D eigenvalue weighted by Gasteiger charge is 2.21. The van der Waals surface area contributed by atoms with Crippen LogP contribution in [0.3, 0.4) is 0 Å². The van der Waals surface area contributed by atoms with E-state index < -0.39 is 0 Å². The third-order valence-electron chi connectivity index (χ3n) is 5.16. The molecule has 4 rings (SSSR count). The number of nitrogens with two attached hydrogens (primary N) is 1. The van der Waals surface area contributed by atoms with Gasteiger partial charge in [0.2, 0.25) is 0 Å². The van der Waals surface area contributed by atoms with E-state index in [2.05, 4.69) is 28.6 Å². The lowest BCUT2D eigenvalue weighted by Gasteiger charge is -2.21. The molecule has 1 atom stereocenters. The van der Waals surface area contributed by atoms with E-state index in [9.17, 15) is 4.79 Å². The van der Waals surface area contributed by atoms with Gasteiger partial charge in [0.25, 0.3) is 5.91 Å². The Morgan fingerprint density at radius 2 is 2.00 bits per heavy atom. The van der Waals surface area contributed by atoms with E-state index in [1.165, 1.54) is 0 Å². The molecular formula is C23H22N4OS. The molecule has 1 aliphatic rings. The van der Waals surface area contributed by atoms with Crippen molar-refractivity contribution >= 4 is 39.3 Å². The predicted molar refractivity (Wildman–Crippen MR) is 120 cm³/mol. The molecule has 0 fully saturated rings. The zero-order chi connectivity index (χ0) is 20.4. The predicted octanol–water partition coefficient (Wildman–Crippen LogP) is 3.47. The highest BCUT2D eigenvalue weighted by molar-refractivity contribution is 7.80. The quantitative estimate of drug-likeness (QED) is 0.641. The van der Waals surface area contributed by atoms with E-state index in [4.69, 9.17) is 18.0 Å². The normalized spacial score (nSPS) is 15.0. The highest BCUT2D eigenvalue weighted by Crippen LogP contribution is 2.27. The molecule has 3 N–H and O–H groups in total. The fourth-order valence-corrected chi connectivity index (χ4v) is 4.02. The minimum atomic E-state index is -0.293. The Morgan fingerprint density at radius 3 is 2.76 bits per heavy atom. The molecule has 1 amide bonds. The van der Waals surface area contributed by atoms with Gasteiger partial charge in [-0.1, -0.05) is 54.7 Å². The average Bonchev–Trinajstić information content (AvgIpc) is 3.17. The number of nitrogens with zero attached hydrogens (tertiary/aromatic N) is 2. The smallest absolute Gasteiger partial charge is 0.251 e. The van der Waals surface area contributed by atoms with Gasteiger partial charge in [0.15, 0.2) is 0 Å². The molecule has 1 aromatic heterocycles. The Morgan fingerprint density at radius 1 is 1.21 bits per heavy atom. The summed E-state index contributed by atoms with van der Waals surface area (Å²) in [4.78, 5) is 13.8. The van der Waals surface area contributed by atoms with Gasteiger partial charge >= 0.3 is 0 Å². The number of nitrogens with one attached hydrogen (secondary N) is 1. The molecule has 0 radical (unpaired) electrons. The second kappa shape index (κ2) is 8.11. The number of carbonyl (C=O) groups excluding carboxylic acids is 1. The topological polar surface area (TPSA) is 72.9 Å². The van der Waals surface area contributed by atoms with Gasteiger partial charge in [-0.25, -0.2) is 0 Å². The Hall–Kier alpha value is -3.09. The monoisotopic (exact) mass is 402 g/mol. The third-order valence-corrected chi connectivity index (χ3v) is 5.43. The Kier molecular flexibility index (Phi) is 5.38. The molecule has 0 saturated carbocycles. The van der Waals surface area contributed by atoms with E-state index in [1.807, 2.05) is 43.5 Å². The SMILES string of the molecule is Cn1nccc1C1=CC(C(=O)NC(CN)c2cccc3ccccc23)=CC(=S)C1. The van der Waals surface area contributed by atoms with Gasteiger partial charge in [-0.05, 0) is 40.1 Å². The number of hydrogen-bond donors (Lipinski definition) is 2. The molecule has 0 spiro atoms. The van der Waals surface area contributed by atoms with Gasteiger partial charge in [-0.3, -0.25) is 9.48 Å². The lowest BCUT2D eigenvalue weighted by atomic mass is 9.95. The first-order chi connectivity index (χ1) is 14.1. The summed E-state index contributed by atoms with van der Waals surface area (Å²) in [6.07, 6.45) is 6.01. The van der Waals surface area contributed by atoms with Crippen LogP contribution in [0.4, 0.5) is 0 Å². The largest absolute Gasteiger partial charge is 0.344 e. The van der Waals surface area contributed by atoms with E-state index in [0.29, 0.717) is 18.5 Å². The summed E-state index contributed by atoms with van der Waals surface area (Å²) in [5.41, 5.74) is 9.52. The number of fused-ring (bicyclic) bond motifs is 1. The van der Waals surface area contributed by atoms with Crippen LogP contribution in [0.1, 0.15) is 23.7 Å². The van der Waals surface area contributed by atoms with E-state index >= 15 is 0 Å². The summed E-state index contributed by atoms with van der Waals surface area (Å²) in [7, 11) is 1.88. The summed E-state index contributed by atoms with van der Waals surface area (Å²) in [6, 6.07) is 15.8. The van der Waals surface area contributed by atoms with E-state index in [-0.39, 0.29) is 11.9 Å². The summed E-state index contributed by atoms with van der Waals surface area (Å²) in [5.74, 6) is -0.185. The first kappa shape index (κ1) is 19.2. The summed E-state index contributed by atoms with van der Waals surface area (Å²) >= 11 is 5.44. The first-order valence-electron chi connectivity index (χ1n) is 9.49. The molecule has 29 heavy (non-hydrogen) atoms. The number of amides is 1. The molecule has 3 aromatic rings. The first-order valence-corrected chi connectivity index (χ1v) is 9.89. The van der Waals surface area contributed by atoms with Crippen molar-refractivity contribution in [1.82, 2.24) is 15.1 Å². The number of aromatic nitrogens is 2. The Labute approximate surface area is 174 Å². The summed E-state index contributed by atoms with van der Waals surface area (Å²) < 4.78 is 1.79. The molecule has 1 unspecified atom stereocenters. The second-order valence-electron chi connectivity index (χ2n) is 7.08. The molecule has 1 heterocycles. The number of benzene rings is 2. The Balaban J connectivity index is 1.63. The van der Waals surface area contributed by atoms with Crippen LogP contribution in [0, 0.1) is 0 Å². The van der Waals surface area contributed by atoms with Gasteiger partial charge < -0.3 is 11.1 Å². The fraction of sp³-hybridized carbons (Fsp3) is 0.174. The lowest BCUT2D eigenvalue weighted by Crippen LogP contribution is -2.34. The van der Waals surface area contributed by atoms with Gasteiger partial charge in [-0.2, -0.15) is 5.10 Å². The average molecular weight is 403 g/mol. The van der Waals surface area contributed by atoms with Crippen LogP contribution in [-0.2, 0) is 11.8 Å². The minimum absolute atomic E-state index is 0.185. The molecule has 1 aliphatic carbocycles. The van der Waals surface area contributed by atoms with Crippen LogP contribution in [0.2, 0.25) is 0 Å². The molecule has 6 heteroatoms. The van der Waals surface area contributed by atoms with E-state index in [0.717, 1.165) is 32.5 Å². The van der Waals surface area contributed by atoms with E-state index in [1.54, 1.807) is 17.0 Å². The van der Waals surface area contributed by atoms with Crippen LogP contribution in [-0.4, -0.2) is 27.1 Å². The van der Waals surface area contributed by atoms with Crippen molar-refractivity contribution in [3.63, 3.8) is 0 Å². The van der Waals surface area contributed by atoms with Gasteiger partial charge in [0.1, 0.15) is 0 Å². The molecule has 2 aromatic carbocycles. The van der Waals surface area contributed by atoms with Gasteiger partial charge in [0, 0.05) is 36.6 Å². The molecule has 0 aliphatic heterocycles. The number of allylic oxidation sites excluding steroid dienone is 2. The van der Waals surface area contributed by atoms with Crippen molar-refractivity contribution in [2.45, 2.75) is 12.5 Å². The van der Waals surface area contributed by atoms with Crippen molar-refractivity contribution in [2.24, 2.45) is 12.8 Å². The van der Waals surface area contributed by atoms with Crippen LogP contribution >= 0.6 is 12.2 Å². The van der Waals surface area contributed by atoms with Crippen molar-refractivity contribution in [3.05, 3.63) is 83.7 Å². The Bertz CT molecular complexity index is 1150. The second-order valence-corrected chi connectivity index (χ2v) is 7.61. The minimum Gasteiger partial charge on any atom is -0.344 e. The van der Waals surface area contributed by atoms with Crippen molar-refractivity contribution in [1.29, 1.82) is 0 Å². The number of thiocarbonyl (C=S) groups is 1. The van der Waals surface area contributed by atoms with Crippen molar-refractivity contribution in [3.8, 4) is 0 Å². The molecular weight excluding hydrogens is 380 g/mol. The maximum absolute atomic E-state index is 13.1. The molecule has 5 nitrogen and oxygen atoms in total. The molecule has 0 saturated heterocycles. The lowest BCUT2D eigenvalue weighted by molar-refractivity contribution is -0.117. The summed E-state index contributed by atoms with van der Waals surface area (Å²) in [5, 5.41) is 9.51. The number of aryl methyl sites for hydroxylation is 1. The van der Waals surface area contributed by atoms with Crippen LogP contribution in [0.15, 0.2) is 72.5 Å². The van der Waals surface area contributed by atoms with Crippen LogP contribution in [0.5, 0.6) is 0 Å². The number of rotatable bonds is 5. The zero-order valence-corrected chi connectivity index (χ0v) is 16.9. The van der Waals surface area contributed by atoms with Gasteiger partial charge in [-0.15, -0.1) is 0 Å². The summed E-state index contributed by atoms with van der Waals surface area (Å²) in [6.45, 7) is 0.301. The molecule has 146 valence electrons. The fourth-order valence-electron chi connectivity index (χ4n) is 3.74. The maximum Gasteiger partial charge on any atom is 0.251 e. The zero-order valence-electron chi connectivity index (χ0n) is 16.1. The van der Waals surface area contributed by atoms with Gasteiger partial charge in [0.05, 0.1) is 11.7 Å². The number of hydrogen-bond acceptors (Lipinski definition) is 4. The highest BCUT2D eigenvalue weighted by atomic mass is 32.1. The maximum atomic E-state index is 13.1. The van der Waals surface area contributed by atoms with Crippen LogP contribution < -0.4 is 11.1 Å². The standard InChI is InChI=1S/C23H22N4OS/c1-27-22(9-10-25-27)16-11-17(13-18(29)12-16)23(28)26-21(14-24)20-8-4-6-15-5-2-3-7-19(15)20/h2-11,13,21H,12,14,24H2,1H3,(H,26,28). The third kappa shape index (κ3) is 3.90. The van der Waals surface area contributed by atoms with Crippen molar-refractivity contribution in [2.75, 3.05) is 6.54 Å². The van der Waals surface area contributed by atoms with Crippen molar-refractivity contribution < 1.29 is 4.79 Å².